The third-order valence-corrected chi connectivity index (χ3v) is 2.84. The molecule has 0 spiro atoms. The van der Waals surface area contributed by atoms with Crippen LogP contribution in [-0.4, -0.2) is 30.2 Å². The summed E-state index contributed by atoms with van der Waals surface area (Å²) >= 11 is 0. The van der Waals surface area contributed by atoms with E-state index in [-0.39, 0.29) is 6.42 Å². The number of anilines is 3. The fourth-order valence-corrected chi connectivity index (χ4v) is 1.75. The predicted octanol–water partition coefficient (Wildman–Crippen LogP) is 2.42. The highest BCUT2D eigenvalue weighted by Gasteiger charge is 2.12. The second-order valence-electron chi connectivity index (χ2n) is 4.66. The van der Waals surface area contributed by atoms with Gasteiger partial charge in [-0.15, -0.1) is 0 Å². The summed E-state index contributed by atoms with van der Waals surface area (Å²) in [6.07, 6.45) is -0.167. The van der Waals surface area contributed by atoms with E-state index in [0.29, 0.717) is 17.5 Å². The van der Waals surface area contributed by atoms with Gasteiger partial charge in [-0.25, -0.2) is 0 Å². The molecule has 1 aromatic carbocycles. The molecule has 6 heteroatoms. The molecular formula is C14H17N3O3. The van der Waals surface area contributed by atoms with Crippen LogP contribution in [0.5, 0.6) is 0 Å². The van der Waals surface area contributed by atoms with Gasteiger partial charge in [0.1, 0.15) is 12.2 Å². The zero-order chi connectivity index (χ0) is 14.7. The van der Waals surface area contributed by atoms with Gasteiger partial charge in [0.25, 0.3) is 6.01 Å². The molecule has 0 saturated carbocycles. The van der Waals surface area contributed by atoms with Crippen molar-refractivity contribution < 1.29 is 14.3 Å². The first kappa shape index (κ1) is 13.9. The van der Waals surface area contributed by atoms with E-state index in [4.69, 9.17) is 9.52 Å². The largest absolute Gasteiger partial charge is 0.481 e. The Morgan fingerprint density at radius 3 is 2.55 bits per heavy atom. The Balaban J connectivity index is 2.11. The molecule has 2 aromatic rings. The molecule has 0 amide bonds. The summed E-state index contributed by atoms with van der Waals surface area (Å²) in [5.41, 5.74) is 2.50. The highest BCUT2D eigenvalue weighted by atomic mass is 16.4. The fourth-order valence-electron chi connectivity index (χ4n) is 1.75. The van der Waals surface area contributed by atoms with E-state index in [1.54, 1.807) is 6.92 Å². The first-order valence-corrected chi connectivity index (χ1v) is 6.18. The first-order valence-electron chi connectivity index (χ1n) is 6.18. The number of hydrogen-bond donors (Lipinski definition) is 2. The maximum absolute atomic E-state index is 10.7. The van der Waals surface area contributed by atoms with Gasteiger partial charge < -0.3 is 19.7 Å². The van der Waals surface area contributed by atoms with Gasteiger partial charge >= 0.3 is 5.97 Å². The number of benzene rings is 1. The van der Waals surface area contributed by atoms with Gasteiger partial charge in [0.2, 0.25) is 0 Å². The Hall–Kier alpha value is -2.50. The van der Waals surface area contributed by atoms with Crippen LogP contribution in [0.4, 0.5) is 17.4 Å². The van der Waals surface area contributed by atoms with Gasteiger partial charge in [-0.1, -0.05) is 0 Å². The molecule has 0 aliphatic heterocycles. The van der Waals surface area contributed by atoms with Crippen LogP contribution in [0, 0.1) is 6.92 Å². The Bertz CT molecular complexity index is 603. The number of aryl methyl sites for hydroxylation is 1. The number of nitrogens with zero attached hydrogens (tertiary/aromatic N) is 2. The van der Waals surface area contributed by atoms with Gasteiger partial charge in [-0.3, -0.25) is 4.79 Å². The van der Waals surface area contributed by atoms with E-state index in [9.17, 15) is 4.79 Å². The van der Waals surface area contributed by atoms with Crippen LogP contribution in [0.1, 0.15) is 11.5 Å². The second kappa shape index (κ2) is 5.64. The zero-order valence-electron chi connectivity index (χ0n) is 11.7. The summed E-state index contributed by atoms with van der Waals surface area (Å²) in [5.74, 6) is -0.573. The summed E-state index contributed by atoms with van der Waals surface area (Å²) in [6, 6.07) is 8.06. The lowest BCUT2D eigenvalue weighted by Crippen LogP contribution is -2.08. The van der Waals surface area contributed by atoms with E-state index < -0.39 is 5.97 Å². The molecule has 1 aromatic heterocycles. The molecule has 6 nitrogen and oxygen atoms in total. The number of carboxylic acid groups (broad SMARTS) is 1. The summed E-state index contributed by atoms with van der Waals surface area (Å²) in [5, 5.41) is 11.8. The second-order valence-corrected chi connectivity index (χ2v) is 4.66. The molecule has 2 N–H and O–H groups in total. The molecule has 0 atom stereocenters. The lowest BCUT2D eigenvalue weighted by Gasteiger charge is -2.12. The summed E-state index contributed by atoms with van der Waals surface area (Å²) in [6.45, 7) is 1.72. The molecule has 0 aliphatic carbocycles. The summed E-state index contributed by atoms with van der Waals surface area (Å²) in [7, 11) is 3.94. The number of hydrogen-bond acceptors (Lipinski definition) is 5. The van der Waals surface area contributed by atoms with E-state index in [0.717, 1.165) is 11.4 Å². The van der Waals surface area contributed by atoms with Crippen molar-refractivity contribution in [3.63, 3.8) is 0 Å². The number of aliphatic carboxylic acids is 1. The van der Waals surface area contributed by atoms with Crippen LogP contribution in [0.25, 0.3) is 0 Å². The van der Waals surface area contributed by atoms with Gasteiger partial charge in [0, 0.05) is 25.5 Å². The summed E-state index contributed by atoms with van der Waals surface area (Å²) in [4.78, 5) is 16.8. The first-order chi connectivity index (χ1) is 9.45. The van der Waals surface area contributed by atoms with Gasteiger partial charge in [-0.2, -0.15) is 4.98 Å². The van der Waals surface area contributed by atoms with Crippen LogP contribution in [0.2, 0.25) is 0 Å². The van der Waals surface area contributed by atoms with E-state index in [1.807, 2.05) is 43.3 Å². The SMILES string of the molecule is Cc1nc(Nc2ccc(N(C)C)cc2)oc1CC(=O)O. The molecule has 1 heterocycles. The van der Waals surface area contributed by atoms with Crippen LogP contribution in [0.3, 0.4) is 0 Å². The minimum Gasteiger partial charge on any atom is -0.481 e. The molecule has 2 rings (SSSR count). The quantitative estimate of drug-likeness (QED) is 0.872. The van der Waals surface area contributed by atoms with Gasteiger partial charge in [0.15, 0.2) is 0 Å². The Kier molecular flexibility index (Phi) is 3.93. The molecule has 106 valence electrons. The summed E-state index contributed by atoms with van der Waals surface area (Å²) < 4.78 is 5.39. The van der Waals surface area contributed by atoms with Crippen LogP contribution in [-0.2, 0) is 11.2 Å². The number of nitrogens with one attached hydrogen (secondary N) is 1. The average Bonchev–Trinajstić information content (AvgIpc) is 2.69. The monoisotopic (exact) mass is 275 g/mol. The van der Waals surface area contributed by atoms with E-state index in [2.05, 4.69) is 10.3 Å². The topological polar surface area (TPSA) is 78.6 Å². The standard InChI is InChI=1S/C14H17N3O3/c1-9-12(8-13(18)19)20-14(15-9)16-10-4-6-11(7-5-10)17(2)3/h4-7H,8H2,1-3H3,(H,15,16)(H,18,19). The molecule has 0 saturated heterocycles. The van der Waals surface area contributed by atoms with Crippen molar-refractivity contribution in [1.29, 1.82) is 0 Å². The van der Waals surface area contributed by atoms with Crippen LogP contribution < -0.4 is 10.2 Å². The van der Waals surface area contributed by atoms with Crippen molar-refractivity contribution in [2.24, 2.45) is 0 Å². The maximum atomic E-state index is 10.7. The average molecular weight is 275 g/mol. The van der Waals surface area contributed by atoms with Crippen molar-refractivity contribution in [3.05, 3.63) is 35.7 Å². The minimum absolute atomic E-state index is 0.167. The lowest BCUT2D eigenvalue weighted by molar-refractivity contribution is -0.136. The van der Waals surface area contributed by atoms with E-state index >= 15 is 0 Å². The van der Waals surface area contributed by atoms with Gasteiger partial charge in [-0.05, 0) is 31.2 Å². The highest BCUT2D eigenvalue weighted by Crippen LogP contribution is 2.21. The molecule has 0 aliphatic rings. The smallest absolute Gasteiger partial charge is 0.311 e. The molecular weight excluding hydrogens is 258 g/mol. The number of carbonyl (C=O) groups is 1. The zero-order valence-corrected chi connectivity index (χ0v) is 11.7. The molecule has 0 fully saturated rings. The highest BCUT2D eigenvalue weighted by molar-refractivity contribution is 5.69. The third-order valence-electron chi connectivity index (χ3n) is 2.84. The van der Waals surface area contributed by atoms with Crippen LogP contribution >= 0.6 is 0 Å². The number of oxazole rings is 1. The van der Waals surface area contributed by atoms with Crippen molar-refractivity contribution in [1.82, 2.24) is 4.98 Å². The normalized spacial score (nSPS) is 10.3. The van der Waals surface area contributed by atoms with Crippen LogP contribution in [0.15, 0.2) is 28.7 Å². The van der Waals surface area contributed by atoms with Gasteiger partial charge in [0.05, 0.1) is 5.69 Å². The third kappa shape index (κ3) is 3.28. The fraction of sp³-hybridized carbons (Fsp3) is 0.286. The lowest BCUT2D eigenvalue weighted by atomic mass is 10.2. The van der Waals surface area contributed by atoms with Crippen molar-refractivity contribution in [2.75, 3.05) is 24.3 Å². The number of rotatable bonds is 5. The Morgan fingerprint density at radius 2 is 2.00 bits per heavy atom. The maximum Gasteiger partial charge on any atom is 0.311 e. The minimum atomic E-state index is -0.939. The van der Waals surface area contributed by atoms with E-state index in [1.165, 1.54) is 0 Å². The molecule has 0 unspecified atom stereocenters. The predicted molar refractivity (Wildman–Crippen MR) is 76.6 cm³/mol. The number of aromatic nitrogens is 1. The Labute approximate surface area is 117 Å². The molecule has 20 heavy (non-hydrogen) atoms. The molecule has 0 bridgehead atoms. The van der Waals surface area contributed by atoms with Crippen molar-refractivity contribution in [3.8, 4) is 0 Å². The Morgan fingerprint density at radius 1 is 1.35 bits per heavy atom. The van der Waals surface area contributed by atoms with Crippen molar-refractivity contribution >= 4 is 23.4 Å². The molecule has 0 radical (unpaired) electrons. The van der Waals surface area contributed by atoms with Crippen molar-refractivity contribution in [2.45, 2.75) is 13.3 Å². The number of carboxylic acids is 1.